The number of aliphatic carboxylic acids is 1. The molecule has 0 saturated heterocycles. The first-order valence-corrected chi connectivity index (χ1v) is 11.3. The molecule has 0 unspecified atom stereocenters. The molecule has 0 saturated carbocycles. The molecule has 4 rings (SSSR count). The molecule has 0 aliphatic heterocycles. The normalized spacial score (nSPS) is 11.8. The number of aromatic hydroxyl groups is 1. The average molecular weight is 491 g/mol. The molecule has 0 radical (unpaired) electrons. The predicted octanol–water partition coefficient (Wildman–Crippen LogP) is 4.28. The number of ketones is 1. The van der Waals surface area contributed by atoms with Crippen LogP contribution in [0, 0.1) is 0 Å². The third kappa shape index (κ3) is 4.95. The highest BCUT2D eigenvalue weighted by molar-refractivity contribution is 6.16. The van der Waals surface area contributed by atoms with E-state index in [-0.39, 0.29) is 24.5 Å². The Morgan fingerprint density at radius 3 is 2.36 bits per heavy atom. The van der Waals surface area contributed by atoms with Crippen molar-refractivity contribution in [2.24, 2.45) is 0 Å². The lowest BCUT2D eigenvalue weighted by Crippen LogP contribution is -2.25. The van der Waals surface area contributed by atoms with E-state index >= 15 is 0 Å². The summed E-state index contributed by atoms with van der Waals surface area (Å²) in [6, 6.07) is 14.8. The summed E-state index contributed by atoms with van der Waals surface area (Å²) in [4.78, 5) is 29.3. The van der Waals surface area contributed by atoms with Crippen LogP contribution in [0.1, 0.15) is 34.8 Å². The van der Waals surface area contributed by atoms with Crippen LogP contribution < -0.4 is 14.2 Å². The fourth-order valence-electron chi connectivity index (χ4n) is 3.88. The molecule has 2 aromatic heterocycles. The number of pyridine rings is 1. The first kappa shape index (κ1) is 24.6. The van der Waals surface area contributed by atoms with Crippen molar-refractivity contribution in [2.75, 3.05) is 14.2 Å². The second kappa shape index (κ2) is 10.4. The van der Waals surface area contributed by atoms with Gasteiger partial charge in [-0.1, -0.05) is 6.92 Å². The number of aromatic nitrogens is 2. The van der Waals surface area contributed by atoms with Crippen LogP contribution in [0.3, 0.4) is 0 Å². The topological polar surface area (TPSA) is 120 Å². The van der Waals surface area contributed by atoms with E-state index in [4.69, 9.17) is 14.2 Å². The lowest BCUT2D eigenvalue weighted by Gasteiger charge is -2.15. The molecule has 0 fully saturated rings. The quantitative estimate of drug-likeness (QED) is 0.316. The number of phenols is 1. The van der Waals surface area contributed by atoms with Gasteiger partial charge in [0.15, 0.2) is 11.9 Å². The van der Waals surface area contributed by atoms with E-state index in [9.17, 15) is 19.8 Å². The minimum atomic E-state index is -1.07. The Hall–Kier alpha value is -4.53. The number of fused-ring (bicyclic) bond motifs is 1. The molecule has 4 aromatic rings. The van der Waals surface area contributed by atoms with E-state index in [1.54, 1.807) is 67.3 Å². The van der Waals surface area contributed by atoms with Crippen molar-refractivity contribution in [2.45, 2.75) is 26.0 Å². The summed E-state index contributed by atoms with van der Waals surface area (Å²) in [7, 11) is 3.06. The van der Waals surface area contributed by atoms with E-state index in [1.165, 1.54) is 19.2 Å². The van der Waals surface area contributed by atoms with Crippen molar-refractivity contribution in [3.63, 3.8) is 0 Å². The number of carboxylic acids is 1. The molecule has 186 valence electrons. The maximum absolute atomic E-state index is 13.4. The molecular formula is C27H26N2O7. The minimum absolute atomic E-state index is 0.00139. The number of ether oxygens (including phenoxy) is 3. The summed E-state index contributed by atoms with van der Waals surface area (Å²) in [5.41, 5.74) is 1.89. The SMILES string of the molecule is CC[C@@H](Oc1ccc(O)c(Cn2cc(C(=O)c3ccc(OC)cc3)c3ccc(OC)nc32)c1)C(=O)O. The van der Waals surface area contributed by atoms with Gasteiger partial charge in [-0.3, -0.25) is 4.79 Å². The van der Waals surface area contributed by atoms with E-state index in [0.29, 0.717) is 45.1 Å². The lowest BCUT2D eigenvalue weighted by atomic mass is 10.0. The van der Waals surface area contributed by atoms with Crippen molar-refractivity contribution in [3.05, 3.63) is 77.5 Å². The van der Waals surface area contributed by atoms with E-state index in [0.717, 1.165) is 0 Å². The number of hydrogen-bond donors (Lipinski definition) is 2. The molecule has 9 nitrogen and oxygen atoms in total. The standard InChI is InChI=1S/C27H26N2O7/c1-4-23(27(32)33)36-19-9-11-22(30)17(13-19)14-29-15-21(20-10-12-24(35-3)28-26(20)29)25(31)16-5-7-18(34-2)8-6-16/h5-13,15,23,30H,4,14H2,1-3H3,(H,32,33)/t23-/m1/s1. The van der Waals surface area contributed by atoms with Crippen LogP contribution in [0.5, 0.6) is 23.1 Å². The highest BCUT2D eigenvalue weighted by atomic mass is 16.5. The summed E-state index contributed by atoms with van der Waals surface area (Å²) < 4.78 is 17.8. The number of nitrogens with zero attached hydrogens (tertiary/aromatic N) is 2. The Kier molecular flexibility index (Phi) is 7.10. The van der Waals surface area contributed by atoms with Gasteiger partial charge in [-0.15, -0.1) is 0 Å². The van der Waals surface area contributed by atoms with E-state index < -0.39 is 12.1 Å². The smallest absolute Gasteiger partial charge is 0.344 e. The van der Waals surface area contributed by atoms with Crippen LogP contribution in [-0.2, 0) is 11.3 Å². The summed E-state index contributed by atoms with van der Waals surface area (Å²) in [6.45, 7) is 1.87. The van der Waals surface area contributed by atoms with Gasteiger partial charge in [0.2, 0.25) is 5.88 Å². The zero-order chi connectivity index (χ0) is 25.8. The average Bonchev–Trinajstić information content (AvgIpc) is 3.25. The predicted molar refractivity (Wildman–Crippen MR) is 132 cm³/mol. The molecule has 1 atom stereocenters. The van der Waals surface area contributed by atoms with Crippen LogP contribution in [0.25, 0.3) is 11.0 Å². The number of methoxy groups -OCH3 is 2. The Morgan fingerprint density at radius 1 is 1.00 bits per heavy atom. The number of carboxylic acid groups (broad SMARTS) is 1. The van der Waals surface area contributed by atoms with Crippen LogP contribution in [0.4, 0.5) is 0 Å². The number of rotatable bonds is 10. The van der Waals surface area contributed by atoms with Gasteiger partial charge in [0.25, 0.3) is 0 Å². The fraction of sp³-hybridized carbons (Fsp3) is 0.222. The second-order valence-electron chi connectivity index (χ2n) is 8.10. The summed E-state index contributed by atoms with van der Waals surface area (Å²) >= 11 is 0. The van der Waals surface area contributed by atoms with Crippen LogP contribution >= 0.6 is 0 Å². The molecule has 0 amide bonds. The molecule has 0 aliphatic carbocycles. The largest absolute Gasteiger partial charge is 0.508 e. The Balaban J connectivity index is 1.74. The van der Waals surface area contributed by atoms with Crippen LogP contribution in [0.15, 0.2) is 60.8 Å². The second-order valence-corrected chi connectivity index (χ2v) is 8.10. The van der Waals surface area contributed by atoms with Gasteiger partial charge in [-0.2, -0.15) is 4.98 Å². The van der Waals surface area contributed by atoms with E-state index in [1.807, 2.05) is 0 Å². The third-order valence-electron chi connectivity index (χ3n) is 5.82. The zero-order valence-corrected chi connectivity index (χ0v) is 20.1. The minimum Gasteiger partial charge on any atom is -0.508 e. The number of carbonyl (C=O) groups is 2. The molecule has 0 bridgehead atoms. The van der Waals surface area contributed by atoms with Crippen LogP contribution in [-0.4, -0.2) is 51.8 Å². The lowest BCUT2D eigenvalue weighted by molar-refractivity contribution is -0.145. The first-order chi connectivity index (χ1) is 17.3. The Labute approximate surface area is 207 Å². The summed E-state index contributed by atoms with van der Waals surface area (Å²) in [6.07, 6.45) is 0.964. The van der Waals surface area contributed by atoms with Gasteiger partial charge < -0.3 is 29.0 Å². The number of hydrogen-bond acceptors (Lipinski definition) is 7. The highest BCUT2D eigenvalue weighted by Gasteiger charge is 2.21. The monoisotopic (exact) mass is 490 g/mol. The van der Waals surface area contributed by atoms with Gasteiger partial charge in [0.05, 0.1) is 20.8 Å². The molecule has 2 aromatic carbocycles. The van der Waals surface area contributed by atoms with Gasteiger partial charge in [0.1, 0.15) is 22.9 Å². The van der Waals surface area contributed by atoms with Gasteiger partial charge >= 0.3 is 5.97 Å². The van der Waals surface area contributed by atoms with Crippen LogP contribution in [0.2, 0.25) is 0 Å². The maximum atomic E-state index is 13.4. The third-order valence-corrected chi connectivity index (χ3v) is 5.82. The molecular weight excluding hydrogens is 464 g/mol. The highest BCUT2D eigenvalue weighted by Crippen LogP contribution is 2.30. The molecule has 0 spiro atoms. The van der Waals surface area contributed by atoms with Gasteiger partial charge in [-0.05, 0) is 55.0 Å². The molecule has 36 heavy (non-hydrogen) atoms. The van der Waals surface area contributed by atoms with Crippen molar-refractivity contribution in [3.8, 4) is 23.1 Å². The van der Waals surface area contributed by atoms with Crippen molar-refractivity contribution in [1.29, 1.82) is 0 Å². The number of phenolic OH excluding ortho intramolecular Hbond substituents is 1. The van der Waals surface area contributed by atoms with Gasteiger partial charge in [0, 0.05) is 34.3 Å². The maximum Gasteiger partial charge on any atom is 0.344 e. The number of carbonyl (C=O) groups excluding carboxylic acids is 1. The molecule has 9 heteroatoms. The molecule has 2 heterocycles. The Bertz CT molecular complexity index is 1410. The molecule has 0 aliphatic rings. The summed E-state index contributed by atoms with van der Waals surface area (Å²) in [5.74, 6) is 0.0699. The number of benzene rings is 2. The van der Waals surface area contributed by atoms with Crippen molar-refractivity contribution < 1.29 is 34.0 Å². The first-order valence-electron chi connectivity index (χ1n) is 11.3. The van der Waals surface area contributed by atoms with Gasteiger partial charge in [-0.25, -0.2) is 4.79 Å². The molecule has 2 N–H and O–H groups in total. The fourth-order valence-corrected chi connectivity index (χ4v) is 3.88. The van der Waals surface area contributed by atoms with E-state index in [2.05, 4.69) is 4.98 Å². The van der Waals surface area contributed by atoms with Crippen molar-refractivity contribution in [1.82, 2.24) is 9.55 Å². The Morgan fingerprint density at radius 2 is 1.72 bits per heavy atom. The zero-order valence-electron chi connectivity index (χ0n) is 20.1. The van der Waals surface area contributed by atoms with Crippen molar-refractivity contribution >= 4 is 22.8 Å². The summed E-state index contributed by atoms with van der Waals surface area (Å²) in [5, 5.41) is 20.4.